The largest absolute Gasteiger partial charge is 0.414 e. The van der Waals surface area contributed by atoms with Crippen molar-refractivity contribution in [2.75, 3.05) is 0 Å². The van der Waals surface area contributed by atoms with Crippen LogP contribution in [0.25, 0.3) is 0 Å². The third kappa shape index (κ3) is 5.29. The van der Waals surface area contributed by atoms with E-state index >= 15 is 0 Å². The van der Waals surface area contributed by atoms with E-state index < -0.39 is 20.5 Å². The van der Waals surface area contributed by atoms with Crippen LogP contribution < -0.4 is 0 Å². The lowest BCUT2D eigenvalue weighted by Crippen LogP contribution is -2.64. The summed E-state index contributed by atoms with van der Waals surface area (Å²) in [5, 5.41) is 23.7. The molecule has 0 aliphatic heterocycles. The highest BCUT2D eigenvalue weighted by Gasteiger charge is 2.65. The van der Waals surface area contributed by atoms with Crippen LogP contribution in [0.15, 0.2) is 0 Å². The van der Waals surface area contributed by atoms with E-state index in [2.05, 4.69) is 68.5 Å². The molecule has 0 aromatic heterocycles. The lowest BCUT2D eigenvalue weighted by atomic mass is 9.43. The molecule has 0 saturated heterocycles. The second kappa shape index (κ2) is 10.5. The number of rotatable bonds is 7. The maximum Gasteiger partial charge on any atom is 0.192 e. The third-order valence-corrected chi connectivity index (χ3v) is 17.7. The van der Waals surface area contributed by atoms with Gasteiger partial charge in [0.05, 0.1) is 12.2 Å². The van der Waals surface area contributed by atoms with Gasteiger partial charge in [0, 0.05) is 6.10 Å². The first-order valence-electron chi connectivity index (χ1n) is 16.1. The quantitative estimate of drug-likeness (QED) is 0.322. The second-order valence-corrected chi connectivity index (χ2v) is 21.4. The first-order chi connectivity index (χ1) is 17.0. The fourth-order valence-corrected chi connectivity index (χ4v) is 11.3. The summed E-state index contributed by atoms with van der Waals surface area (Å²) >= 11 is 0. The van der Waals surface area contributed by atoms with E-state index in [0.29, 0.717) is 17.3 Å². The number of aliphatic hydroxyl groups is 2. The first-order valence-corrected chi connectivity index (χ1v) is 19.0. The molecule has 4 fully saturated rings. The predicted octanol–water partition coefficient (Wildman–Crippen LogP) is 8.44. The van der Waals surface area contributed by atoms with Crippen LogP contribution in [0.5, 0.6) is 0 Å². The average molecular weight is 535 g/mol. The predicted molar refractivity (Wildman–Crippen MR) is 158 cm³/mol. The Morgan fingerprint density at radius 1 is 0.838 bits per heavy atom. The van der Waals surface area contributed by atoms with Gasteiger partial charge < -0.3 is 14.6 Å². The van der Waals surface area contributed by atoms with E-state index in [-0.39, 0.29) is 28.4 Å². The monoisotopic (exact) mass is 534 g/mol. The molecule has 37 heavy (non-hydrogen) atoms. The summed E-state index contributed by atoms with van der Waals surface area (Å²) in [7, 11) is -1.85. The van der Waals surface area contributed by atoms with Crippen molar-refractivity contribution in [3.8, 4) is 0 Å². The average Bonchev–Trinajstić information content (AvgIpc) is 3.14. The molecule has 0 aromatic carbocycles. The van der Waals surface area contributed by atoms with Crippen LogP contribution in [0.4, 0.5) is 0 Å². The Hall–Kier alpha value is 0.0969. The molecule has 4 aliphatic carbocycles. The summed E-state index contributed by atoms with van der Waals surface area (Å²) in [5.41, 5.74) is 0.448. The molecule has 4 saturated carbocycles. The molecular formula is C33H62O3Si. The Balaban J connectivity index is 1.50. The number of hydrogen-bond donors (Lipinski definition) is 2. The maximum absolute atomic E-state index is 11.8. The smallest absolute Gasteiger partial charge is 0.192 e. The van der Waals surface area contributed by atoms with E-state index in [1.807, 2.05) is 0 Å². The lowest BCUT2D eigenvalue weighted by molar-refractivity contribution is -0.222. The van der Waals surface area contributed by atoms with Gasteiger partial charge in [-0.2, -0.15) is 0 Å². The van der Waals surface area contributed by atoms with Crippen LogP contribution in [0, 0.1) is 52.3 Å². The van der Waals surface area contributed by atoms with E-state index in [1.165, 1.54) is 44.9 Å². The Bertz CT molecular complexity index is 789. The van der Waals surface area contributed by atoms with Gasteiger partial charge in [-0.1, -0.05) is 74.7 Å². The van der Waals surface area contributed by atoms with E-state index in [1.54, 1.807) is 0 Å². The molecule has 216 valence electrons. The van der Waals surface area contributed by atoms with Gasteiger partial charge in [0.25, 0.3) is 0 Å². The van der Waals surface area contributed by atoms with E-state index in [9.17, 15) is 10.2 Å². The number of aliphatic hydroxyl groups excluding tert-OH is 2. The normalized spacial score (nSPS) is 45.3. The van der Waals surface area contributed by atoms with Crippen LogP contribution >= 0.6 is 0 Å². The van der Waals surface area contributed by atoms with Gasteiger partial charge in [0.2, 0.25) is 0 Å². The number of fused-ring (bicyclic) bond motifs is 5. The molecule has 11 atom stereocenters. The minimum atomic E-state index is -1.85. The summed E-state index contributed by atoms with van der Waals surface area (Å²) in [6, 6.07) is 0. The zero-order chi connectivity index (χ0) is 27.6. The van der Waals surface area contributed by atoms with Crippen molar-refractivity contribution in [1.82, 2.24) is 0 Å². The van der Waals surface area contributed by atoms with Gasteiger partial charge in [-0.3, -0.25) is 0 Å². The maximum atomic E-state index is 11.8. The second-order valence-electron chi connectivity index (χ2n) is 16.7. The molecule has 0 bridgehead atoms. The molecule has 0 heterocycles. The summed E-state index contributed by atoms with van der Waals surface area (Å²) in [4.78, 5) is 0. The summed E-state index contributed by atoms with van der Waals surface area (Å²) in [6.07, 6.45) is 11.4. The molecule has 2 N–H and O–H groups in total. The van der Waals surface area contributed by atoms with E-state index in [4.69, 9.17) is 4.43 Å². The summed E-state index contributed by atoms with van der Waals surface area (Å²) < 4.78 is 6.88. The highest BCUT2D eigenvalue weighted by Crippen LogP contribution is 2.68. The molecule has 0 amide bonds. The Morgan fingerprint density at radius 3 is 2.08 bits per heavy atom. The van der Waals surface area contributed by atoms with Crippen molar-refractivity contribution in [1.29, 1.82) is 0 Å². The molecule has 4 rings (SSSR count). The minimum Gasteiger partial charge on any atom is -0.414 e. The van der Waals surface area contributed by atoms with Crippen molar-refractivity contribution in [2.45, 2.75) is 156 Å². The van der Waals surface area contributed by atoms with Crippen LogP contribution in [-0.4, -0.2) is 36.8 Å². The zero-order valence-electron chi connectivity index (χ0n) is 26.1. The zero-order valence-corrected chi connectivity index (χ0v) is 27.1. The van der Waals surface area contributed by atoms with Crippen molar-refractivity contribution in [3.63, 3.8) is 0 Å². The molecular weight excluding hydrogens is 472 g/mol. The highest BCUT2D eigenvalue weighted by atomic mass is 28.4. The summed E-state index contributed by atoms with van der Waals surface area (Å²) in [5.74, 6) is 3.86. The van der Waals surface area contributed by atoms with Gasteiger partial charge >= 0.3 is 0 Å². The topological polar surface area (TPSA) is 49.7 Å². The third-order valence-electron chi connectivity index (χ3n) is 13.2. The Kier molecular flexibility index (Phi) is 8.53. The SMILES string of the molecule is CC(C)CCCC(C)[C@H]1CC[C@H]2[C@@H]3[C@@H](O)[C@H](O)C4C[C@@H](O[Si](C)(C)C(C)(C)C)CC[C@]4(C)[C@H]3CC[C@]12C. The van der Waals surface area contributed by atoms with Crippen molar-refractivity contribution < 1.29 is 14.6 Å². The van der Waals surface area contributed by atoms with Gasteiger partial charge in [0.1, 0.15) is 0 Å². The highest BCUT2D eigenvalue weighted by molar-refractivity contribution is 6.74. The Morgan fingerprint density at radius 2 is 1.46 bits per heavy atom. The van der Waals surface area contributed by atoms with Crippen molar-refractivity contribution in [2.24, 2.45) is 52.3 Å². The molecule has 4 heteroatoms. The molecule has 0 spiro atoms. The van der Waals surface area contributed by atoms with Gasteiger partial charge in [-0.05, 0) is 115 Å². The van der Waals surface area contributed by atoms with Crippen LogP contribution in [0.2, 0.25) is 18.1 Å². The van der Waals surface area contributed by atoms with Crippen LogP contribution in [0.1, 0.15) is 120 Å². The molecule has 0 aromatic rings. The lowest BCUT2D eigenvalue weighted by Gasteiger charge is -2.64. The molecule has 2 unspecified atom stereocenters. The molecule has 4 aliphatic rings. The van der Waals surface area contributed by atoms with Crippen molar-refractivity contribution in [3.05, 3.63) is 0 Å². The van der Waals surface area contributed by atoms with Gasteiger partial charge in [-0.25, -0.2) is 0 Å². The minimum absolute atomic E-state index is 0.124. The van der Waals surface area contributed by atoms with Crippen LogP contribution in [-0.2, 0) is 4.43 Å². The first kappa shape index (κ1) is 30.1. The van der Waals surface area contributed by atoms with Crippen molar-refractivity contribution >= 4 is 8.32 Å². The van der Waals surface area contributed by atoms with Crippen LogP contribution in [0.3, 0.4) is 0 Å². The van der Waals surface area contributed by atoms with Gasteiger partial charge in [-0.15, -0.1) is 0 Å². The Labute approximate surface area is 231 Å². The molecule has 0 radical (unpaired) electrons. The fourth-order valence-electron chi connectivity index (χ4n) is 9.95. The molecule has 3 nitrogen and oxygen atoms in total. The summed E-state index contributed by atoms with van der Waals surface area (Å²) in [6.45, 7) is 23.9. The van der Waals surface area contributed by atoms with E-state index in [0.717, 1.165) is 37.0 Å². The fraction of sp³-hybridized carbons (Fsp3) is 1.00. The number of hydrogen-bond acceptors (Lipinski definition) is 3. The van der Waals surface area contributed by atoms with Gasteiger partial charge in [0.15, 0.2) is 8.32 Å². The standard InChI is InChI=1S/C33H62O3Si/c1-21(2)12-11-13-22(3)24-14-15-25-28-26(17-19-32(24,25)7)33(8)18-16-23(20-27(33)29(34)30(28)35)36-37(9,10)31(4,5)6/h21-30,34-35H,11-20H2,1-10H3/t22?,23-,24+,25-,26-,27?,28-,29+,30+,32+,33+/m0/s1.